The van der Waals surface area contributed by atoms with Crippen molar-refractivity contribution in [1.82, 2.24) is 16.1 Å². The number of ether oxygens (including phenoxy) is 1. The highest BCUT2D eigenvalue weighted by atomic mass is 35.5. The van der Waals surface area contributed by atoms with Gasteiger partial charge in [-0.15, -0.1) is 0 Å². The highest BCUT2D eigenvalue weighted by molar-refractivity contribution is 6.30. The van der Waals surface area contributed by atoms with Gasteiger partial charge in [0.25, 0.3) is 5.91 Å². The molecule has 1 aromatic carbocycles. The van der Waals surface area contributed by atoms with E-state index in [1.165, 1.54) is 37.8 Å². The number of carbonyl (C=O) groups excluding carboxylic acids is 2. The first-order valence-electron chi connectivity index (χ1n) is 11.9. The van der Waals surface area contributed by atoms with Crippen molar-refractivity contribution in [3.8, 4) is 5.75 Å². The average Bonchev–Trinajstić information content (AvgIpc) is 3.56. The molecule has 7 nitrogen and oxygen atoms in total. The normalized spacial score (nSPS) is 33.0. The number of carbonyl (C=O) groups is 2. The Morgan fingerprint density at radius 1 is 1.24 bits per heavy atom. The topological polar surface area (TPSA) is 88.7 Å². The highest BCUT2D eigenvalue weighted by Gasteiger charge is 2.59. The fourth-order valence-electron chi connectivity index (χ4n) is 6.38. The van der Waals surface area contributed by atoms with Crippen molar-refractivity contribution in [2.45, 2.75) is 50.5 Å². The minimum absolute atomic E-state index is 0.00681. The van der Waals surface area contributed by atoms with E-state index < -0.39 is 5.82 Å². The zero-order chi connectivity index (χ0) is 23.1. The predicted octanol–water partition coefficient (Wildman–Crippen LogP) is 2.97. The maximum absolute atomic E-state index is 13.5. The molecule has 0 radical (unpaired) electrons. The minimum Gasteiger partial charge on any atom is -0.484 e. The second-order valence-electron chi connectivity index (χ2n) is 10.3. The lowest BCUT2D eigenvalue weighted by Gasteiger charge is -2.39. The first-order chi connectivity index (χ1) is 15.9. The fraction of sp³-hybridized carbons (Fsp3) is 0.667. The quantitative estimate of drug-likeness (QED) is 0.533. The Balaban J connectivity index is 1.10. The molecule has 3 N–H and O–H groups in total. The van der Waals surface area contributed by atoms with Crippen LogP contribution in [0.25, 0.3) is 0 Å². The van der Waals surface area contributed by atoms with Gasteiger partial charge in [0.1, 0.15) is 11.6 Å². The molecular formula is C24H31ClFN3O4. The van der Waals surface area contributed by atoms with Gasteiger partial charge in [0.05, 0.1) is 11.6 Å². The van der Waals surface area contributed by atoms with Crippen LogP contribution in [0.1, 0.15) is 44.9 Å². The molecular weight excluding hydrogens is 449 g/mol. The second-order valence-corrected chi connectivity index (χ2v) is 10.8. The Morgan fingerprint density at radius 3 is 2.73 bits per heavy atom. The lowest BCUT2D eigenvalue weighted by molar-refractivity contribution is -0.126. The molecule has 180 valence electrons. The van der Waals surface area contributed by atoms with E-state index in [0.717, 1.165) is 25.5 Å². The van der Waals surface area contributed by atoms with Crippen LogP contribution < -0.4 is 20.9 Å². The molecule has 0 aromatic heterocycles. The van der Waals surface area contributed by atoms with E-state index in [-0.39, 0.29) is 46.1 Å². The number of hydrogen-bond acceptors (Lipinski definition) is 5. The summed E-state index contributed by atoms with van der Waals surface area (Å²) in [6, 6.07) is 4.08. The third-order valence-electron chi connectivity index (χ3n) is 8.21. The second kappa shape index (κ2) is 9.04. The largest absolute Gasteiger partial charge is 0.484 e. The van der Waals surface area contributed by atoms with Crippen LogP contribution in [0.2, 0.25) is 5.02 Å². The van der Waals surface area contributed by atoms with Gasteiger partial charge in [0.15, 0.2) is 6.61 Å². The maximum atomic E-state index is 13.5. The van der Waals surface area contributed by atoms with Crippen molar-refractivity contribution >= 4 is 23.4 Å². The molecule has 33 heavy (non-hydrogen) atoms. The fourth-order valence-corrected chi connectivity index (χ4v) is 6.50. The third-order valence-corrected chi connectivity index (χ3v) is 8.52. The van der Waals surface area contributed by atoms with Crippen LogP contribution >= 0.6 is 11.6 Å². The van der Waals surface area contributed by atoms with E-state index >= 15 is 0 Å². The summed E-state index contributed by atoms with van der Waals surface area (Å²) in [7, 11) is 0. The van der Waals surface area contributed by atoms with Crippen LogP contribution in [-0.4, -0.2) is 43.7 Å². The summed E-state index contributed by atoms with van der Waals surface area (Å²) in [6.07, 6.45) is 7.18. The van der Waals surface area contributed by atoms with Gasteiger partial charge in [-0.3, -0.25) is 9.59 Å². The predicted molar refractivity (Wildman–Crippen MR) is 120 cm³/mol. The van der Waals surface area contributed by atoms with Crippen LogP contribution in [-0.2, 0) is 14.4 Å². The van der Waals surface area contributed by atoms with Crippen molar-refractivity contribution in [2.75, 3.05) is 26.3 Å². The van der Waals surface area contributed by atoms with Gasteiger partial charge in [-0.05, 0) is 56.1 Å². The van der Waals surface area contributed by atoms with E-state index in [1.54, 1.807) is 0 Å². The van der Waals surface area contributed by atoms with Gasteiger partial charge < -0.3 is 20.2 Å². The molecule has 1 aliphatic heterocycles. The number of fused-ring (bicyclic) bond motifs is 1. The van der Waals surface area contributed by atoms with E-state index in [2.05, 4.69) is 16.1 Å². The Bertz CT molecular complexity index is 911. The molecule has 2 unspecified atom stereocenters. The summed E-state index contributed by atoms with van der Waals surface area (Å²) in [4.78, 5) is 31.0. The molecule has 2 atom stereocenters. The molecule has 1 aromatic rings. The lowest BCUT2D eigenvalue weighted by atomic mass is 9.74. The van der Waals surface area contributed by atoms with E-state index in [9.17, 15) is 14.0 Å². The van der Waals surface area contributed by atoms with Crippen molar-refractivity contribution in [2.24, 2.45) is 23.2 Å². The molecule has 4 aliphatic carbocycles. The zero-order valence-electron chi connectivity index (χ0n) is 18.6. The standard InChI is InChI=1S/C24H31ClFN3O4/c25-19-6-5-17(7-20(19)26)32-11-21(30)29-24-8-15(9-24)18(10-24)22(31)27-12-23(13-28-33-14-23)16-3-1-2-4-16/h5-7,15-16,18,28H,1-4,8-14H2,(H,27,31)(H,29,30). The Morgan fingerprint density at radius 2 is 2.03 bits per heavy atom. The molecule has 0 spiro atoms. The molecule has 2 amide bonds. The highest BCUT2D eigenvalue weighted by Crippen LogP contribution is 2.55. The van der Waals surface area contributed by atoms with Gasteiger partial charge in [-0.2, -0.15) is 0 Å². The van der Waals surface area contributed by atoms with Crippen molar-refractivity contribution < 1.29 is 23.6 Å². The number of benzene rings is 1. The summed E-state index contributed by atoms with van der Waals surface area (Å²) in [5, 5.41) is 6.29. The van der Waals surface area contributed by atoms with Crippen LogP contribution in [0.5, 0.6) is 5.75 Å². The summed E-state index contributed by atoms with van der Waals surface area (Å²) in [5.74, 6) is 0.301. The Kier molecular flexibility index (Phi) is 6.27. The molecule has 5 fully saturated rings. The lowest BCUT2D eigenvalue weighted by Crippen LogP contribution is -2.53. The molecule has 9 heteroatoms. The third kappa shape index (κ3) is 4.57. The van der Waals surface area contributed by atoms with Crippen LogP contribution in [0.3, 0.4) is 0 Å². The number of rotatable bonds is 8. The number of amides is 2. The number of halogens is 2. The van der Waals surface area contributed by atoms with Crippen LogP contribution in [0, 0.1) is 29.0 Å². The number of nitrogens with one attached hydrogen (secondary N) is 3. The molecule has 2 bridgehead atoms. The zero-order valence-corrected chi connectivity index (χ0v) is 19.4. The first kappa shape index (κ1) is 22.9. The SMILES string of the molecule is O=C(COc1ccc(Cl)c(F)c1)NC12CC(C1)C(C(=O)NCC1(C3CCCC3)CNOC1)C2. The van der Waals surface area contributed by atoms with Gasteiger partial charge in [-0.1, -0.05) is 24.4 Å². The summed E-state index contributed by atoms with van der Waals surface area (Å²) in [5.41, 5.74) is 2.67. The van der Waals surface area contributed by atoms with Gasteiger partial charge in [-0.25, -0.2) is 9.87 Å². The Hall–Kier alpha value is -1.90. The molecule has 1 heterocycles. The molecule has 6 rings (SSSR count). The maximum Gasteiger partial charge on any atom is 0.258 e. The molecule has 4 saturated carbocycles. The Labute approximate surface area is 198 Å². The van der Waals surface area contributed by atoms with Crippen LogP contribution in [0.15, 0.2) is 18.2 Å². The van der Waals surface area contributed by atoms with E-state index in [1.807, 2.05) is 0 Å². The summed E-state index contributed by atoms with van der Waals surface area (Å²) < 4.78 is 18.9. The van der Waals surface area contributed by atoms with Gasteiger partial charge in [0.2, 0.25) is 5.91 Å². The first-order valence-corrected chi connectivity index (χ1v) is 12.3. The van der Waals surface area contributed by atoms with Crippen molar-refractivity contribution in [1.29, 1.82) is 0 Å². The van der Waals surface area contributed by atoms with Gasteiger partial charge in [0, 0.05) is 36.0 Å². The van der Waals surface area contributed by atoms with E-state index in [4.69, 9.17) is 21.2 Å². The molecule has 1 saturated heterocycles. The molecule has 5 aliphatic rings. The number of hydrogen-bond donors (Lipinski definition) is 3. The van der Waals surface area contributed by atoms with Crippen LogP contribution in [0.4, 0.5) is 4.39 Å². The summed E-state index contributed by atoms with van der Waals surface area (Å²) in [6.45, 7) is 1.85. The number of hydroxylamine groups is 1. The van der Waals surface area contributed by atoms with Crippen molar-refractivity contribution in [3.05, 3.63) is 29.0 Å². The van der Waals surface area contributed by atoms with Gasteiger partial charge >= 0.3 is 0 Å². The average molecular weight is 480 g/mol. The minimum atomic E-state index is -0.589. The summed E-state index contributed by atoms with van der Waals surface area (Å²) >= 11 is 5.67. The van der Waals surface area contributed by atoms with Crippen molar-refractivity contribution in [3.63, 3.8) is 0 Å². The van der Waals surface area contributed by atoms with E-state index in [0.29, 0.717) is 31.4 Å². The monoisotopic (exact) mass is 479 g/mol. The smallest absolute Gasteiger partial charge is 0.258 e.